The molecule has 19 heavy (non-hydrogen) atoms. The SMILES string of the molecule is CCC1CCC(Oc2ccc([C@H](C)O)c(F)c2)CC1. The van der Waals surface area contributed by atoms with Crippen LogP contribution >= 0.6 is 0 Å². The van der Waals surface area contributed by atoms with Crippen molar-refractivity contribution in [2.24, 2.45) is 5.92 Å². The second-order valence-corrected chi connectivity index (χ2v) is 5.53. The Hall–Kier alpha value is -1.09. The first kappa shape index (κ1) is 14.3. The molecule has 0 aliphatic heterocycles. The van der Waals surface area contributed by atoms with Crippen LogP contribution in [0.2, 0.25) is 0 Å². The van der Waals surface area contributed by atoms with Crippen LogP contribution in [-0.4, -0.2) is 11.2 Å². The zero-order valence-corrected chi connectivity index (χ0v) is 11.7. The molecule has 106 valence electrons. The van der Waals surface area contributed by atoms with E-state index in [1.807, 2.05) is 0 Å². The summed E-state index contributed by atoms with van der Waals surface area (Å²) in [5.74, 6) is 1.01. The van der Waals surface area contributed by atoms with Crippen molar-refractivity contribution in [2.45, 2.75) is 58.2 Å². The molecule has 0 radical (unpaired) electrons. The lowest BCUT2D eigenvalue weighted by atomic mass is 9.86. The Labute approximate surface area is 114 Å². The molecule has 0 spiro atoms. The minimum atomic E-state index is -0.783. The molecule has 3 heteroatoms. The van der Waals surface area contributed by atoms with Gasteiger partial charge in [-0.2, -0.15) is 0 Å². The first-order valence-corrected chi connectivity index (χ1v) is 7.24. The van der Waals surface area contributed by atoms with E-state index >= 15 is 0 Å². The average molecular weight is 266 g/mol. The molecule has 0 saturated heterocycles. The highest BCUT2D eigenvalue weighted by molar-refractivity contribution is 5.30. The molecule has 1 fully saturated rings. The largest absolute Gasteiger partial charge is 0.490 e. The first-order chi connectivity index (χ1) is 9.10. The van der Waals surface area contributed by atoms with Gasteiger partial charge in [-0.3, -0.25) is 0 Å². The predicted octanol–water partition coefficient (Wildman–Crippen LogP) is 4.23. The Kier molecular flexibility index (Phi) is 4.81. The molecule has 0 amide bonds. The van der Waals surface area contributed by atoms with Crippen molar-refractivity contribution < 1.29 is 14.2 Å². The van der Waals surface area contributed by atoms with Gasteiger partial charge in [-0.1, -0.05) is 13.3 Å². The zero-order valence-electron chi connectivity index (χ0n) is 11.7. The van der Waals surface area contributed by atoms with E-state index in [4.69, 9.17) is 4.74 Å². The van der Waals surface area contributed by atoms with Crippen molar-refractivity contribution in [1.82, 2.24) is 0 Å². The van der Waals surface area contributed by atoms with Crippen molar-refractivity contribution in [3.05, 3.63) is 29.6 Å². The fourth-order valence-corrected chi connectivity index (χ4v) is 2.77. The molecule has 0 unspecified atom stereocenters. The van der Waals surface area contributed by atoms with Crippen LogP contribution in [0.5, 0.6) is 5.75 Å². The highest BCUT2D eigenvalue weighted by Crippen LogP contribution is 2.30. The Balaban J connectivity index is 1.95. The molecule has 1 atom stereocenters. The summed E-state index contributed by atoms with van der Waals surface area (Å²) in [5.41, 5.74) is 0.321. The van der Waals surface area contributed by atoms with Crippen LogP contribution in [0.15, 0.2) is 18.2 Å². The monoisotopic (exact) mass is 266 g/mol. The normalized spacial score (nSPS) is 25.1. The third-order valence-electron chi connectivity index (χ3n) is 4.10. The summed E-state index contributed by atoms with van der Waals surface area (Å²) in [7, 11) is 0. The molecular formula is C16H23FO2. The van der Waals surface area contributed by atoms with Gasteiger partial charge in [-0.25, -0.2) is 4.39 Å². The summed E-state index contributed by atoms with van der Waals surface area (Å²) in [5, 5.41) is 9.39. The molecule has 1 saturated carbocycles. The summed E-state index contributed by atoms with van der Waals surface area (Å²) >= 11 is 0. The summed E-state index contributed by atoms with van der Waals surface area (Å²) in [6.45, 7) is 3.79. The van der Waals surface area contributed by atoms with Gasteiger partial charge in [-0.15, -0.1) is 0 Å². The lowest BCUT2D eigenvalue weighted by Crippen LogP contribution is -2.23. The molecule has 2 rings (SSSR count). The van der Waals surface area contributed by atoms with Crippen LogP contribution < -0.4 is 4.74 Å². The molecule has 1 aromatic carbocycles. The second-order valence-electron chi connectivity index (χ2n) is 5.53. The number of hydrogen-bond acceptors (Lipinski definition) is 2. The van der Waals surface area contributed by atoms with Crippen LogP contribution in [0.3, 0.4) is 0 Å². The van der Waals surface area contributed by atoms with E-state index in [2.05, 4.69) is 6.92 Å². The number of hydrogen-bond donors (Lipinski definition) is 1. The number of rotatable bonds is 4. The van der Waals surface area contributed by atoms with Gasteiger partial charge in [0.25, 0.3) is 0 Å². The third-order valence-corrected chi connectivity index (χ3v) is 4.10. The molecule has 0 bridgehead atoms. The van der Waals surface area contributed by atoms with Crippen molar-refractivity contribution >= 4 is 0 Å². The maximum absolute atomic E-state index is 13.7. The maximum Gasteiger partial charge on any atom is 0.132 e. The van der Waals surface area contributed by atoms with Gasteiger partial charge in [0.15, 0.2) is 0 Å². The van der Waals surface area contributed by atoms with Crippen molar-refractivity contribution in [1.29, 1.82) is 0 Å². The molecule has 2 nitrogen and oxygen atoms in total. The molecule has 0 heterocycles. The fourth-order valence-electron chi connectivity index (χ4n) is 2.77. The topological polar surface area (TPSA) is 29.5 Å². The van der Waals surface area contributed by atoms with Crippen LogP contribution in [-0.2, 0) is 0 Å². The molecule has 0 aromatic heterocycles. The van der Waals surface area contributed by atoms with E-state index in [0.29, 0.717) is 11.3 Å². The Morgan fingerprint density at radius 2 is 2.00 bits per heavy atom. The van der Waals surface area contributed by atoms with E-state index in [0.717, 1.165) is 18.8 Å². The zero-order chi connectivity index (χ0) is 13.8. The van der Waals surface area contributed by atoms with Crippen molar-refractivity contribution in [2.75, 3.05) is 0 Å². The smallest absolute Gasteiger partial charge is 0.132 e. The average Bonchev–Trinajstić information content (AvgIpc) is 2.39. The standard InChI is InChI=1S/C16H23FO2/c1-3-12-4-6-13(7-5-12)19-14-8-9-15(11(2)18)16(17)10-14/h8-13,18H,3-7H2,1-2H3/t11-,12?,13?/m0/s1. The summed E-state index contributed by atoms with van der Waals surface area (Å²) in [6.07, 6.45) is 5.18. The van der Waals surface area contributed by atoms with Crippen molar-refractivity contribution in [3.63, 3.8) is 0 Å². The number of aliphatic hydroxyl groups is 1. The molecule has 1 aliphatic rings. The molecular weight excluding hydrogens is 243 g/mol. The minimum Gasteiger partial charge on any atom is -0.490 e. The van der Waals surface area contributed by atoms with E-state index < -0.39 is 11.9 Å². The van der Waals surface area contributed by atoms with Gasteiger partial charge in [0.1, 0.15) is 11.6 Å². The first-order valence-electron chi connectivity index (χ1n) is 7.24. The van der Waals surface area contributed by atoms with E-state index in [9.17, 15) is 9.50 Å². The van der Waals surface area contributed by atoms with Crippen LogP contribution in [0.1, 0.15) is 57.6 Å². The highest BCUT2D eigenvalue weighted by atomic mass is 19.1. The molecule has 1 aromatic rings. The highest BCUT2D eigenvalue weighted by Gasteiger charge is 2.21. The number of ether oxygens (including phenoxy) is 1. The molecule has 1 N–H and O–H groups in total. The van der Waals surface area contributed by atoms with Gasteiger partial charge < -0.3 is 9.84 Å². The van der Waals surface area contributed by atoms with Crippen LogP contribution in [0.4, 0.5) is 4.39 Å². The number of halogens is 1. The van der Waals surface area contributed by atoms with Gasteiger partial charge >= 0.3 is 0 Å². The maximum atomic E-state index is 13.7. The second kappa shape index (κ2) is 6.38. The number of aliphatic hydroxyl groups excluding tert-OH is 1. The summed E-state index contributed by atoms with van der Waals surface area (Å²) in [4.78, 5) is 0. The fraction of sp³-hybridized carbons (Fsp3) is 0.625. The van der Waals surface area contributed by atoms with E-state index in [1.54, 1.807) is 19.1 Å². The minimum absolute atomic E-state index is 0.208. The van der Waals surface area contributed by atoms with Gasteiger partial charge in [0.05, 0.1) is 12.2 Å². The lowest BCUT2D eigenvalue weighted by Gasteiger charge is -2.28. The predicted molar refractivity (Wildman–Crippen MR) is 73.7 cm³/mol. The summed E-state index contributed by atoms with van der Waals surface area (Å²) in [6, 6.07) is 4.73. The number of benzene rings is 1. The summed E-state index contributed by atoms with van der Waals surface area (Å²) < 4.78 is 19.6. The van der Waals surface area contributed by atoms with Crippen LogP contribution in [0.25, 0.3) is 0 Å². The van der Waals surface area contributed by atoms with E-state index in [-0.39, 0.29) is 6.10 Å². The Morgan fingerprint density at radius 1 is 1.32 bits per heavy atom. The van der Waals surface area contributed by atoms with Crippen molar-refractivity contribution in [3.8, 4) is 5.75 Å². The Bertz CT molecular complexity index is 409. The van der Waals surface area contributed by atoms with Gasteiger partial charge in [-0.05, 0) is 50.7 Å². The quantitative estimate of drug-likeness (QED) is 0.883. The Morgan fingerprint density at radius 3 is 2.53 bits per heavy atom. The third kappa shape index (κ3) is 3.69. The van der Waals surface area contributed by atoms with Gasteiger partial charge in [0, 0.05) is 11.6 Å². The lowest BCUT2D eigenvalue weighted by molar-refractivity contribution is 0.129. The molecule has 1 aliphatic carbocycles. The van der Waals surface area contributed by atoms with Crippen LogP contribution in [0, 0.1) is 11.7 Å². The van der Waals surface area contributed by atoms with Gasteiger partial charge in [0.2, 0.25) is 0 Å². The van der Waals surface area contributed by atoms with E-state index in [1.165, 1.54) is 25.3 Å².